The average Bonchev–Trinajstić information content (AvgIpc) is 3.28. The third-order valence-corrected chi connectivity index (χ3v) is 8.69. The minimum Gasteiger partial charge on any atom is -0.381 e. The molecule has 3 aliphatic heterocycles. The van der Waals surface area contributed by atoms with Crippen LogP contribution in [0.1, 0.15) is 65.3 Å². The van der Waals surface area contributed by atoms with E-state index in [0.29, 0.717) is 48.5 Å². The molecule has 3 aromatic rings. The minimum atomic E-state index is -0.144. The Labute approximate surface area is 239 Å². The maximum atomic E-state index is 13.4. The van der Waals surface area contributed by atoms with Crippen molar-refractivity contribution in [2.75, 3.05) is 31.6 Å². The molecule has 0 saturated carbocycles. The quantitative estimate of drug-likeness (QED) is 0.455. The lowest BCUT2D eigenvalue weighted by Gasteiger charge is -2.37. The van der Waals surface area contributed by atoms with Crippen LogP contribution in [-0.4, -0.2) is 63.9 Å². The van der Waals surface area contributed by atoms with Gasteiger partial charge in [-0.2, -0.15) is 0 Å². The summed E-state index contributed by atoms with van der Waals surface area (Å²) in [6.45, 7) is 6.82. The van der Waals surface area contributed by atoms with Crippen molar-refractivity contribution in [2.45, 2.75) is 58.2 Å². The predicted molar refractivity (Wildman–Crippen MR) is 154 cm³/mol. The van der Waals surface area contributed by atoms with Gasteiger partial charge in [0.15, 0.2) is 0 Å². The molecule has 40 heavy (non-hydrogen) atoms. The monoisotopic (exact) mass is 559 g/mol. The normalized spacial score (nSPS) is 19.0. The van der Waals surface area contributed by atoms with Crippen molar-refractivity contribution in [2.24, 2.45) is 0 Å². The van der Waals surface area contributed by atoms with Gasteiger partial charge in [-0.25, -0.2) is 9.97 Å². The smallest absolute Gasteiger partial charge is 0.254 e. The second kappa shape index (κ2) is 11.2. The number of fused-ring (bicyclic) bond motifs is 2. The molecule has 1 aromatic heterocycles. The number of anilines is 1. The van der Waals surface area contributed by atoms with Crippen LogP contribution in [-0.2, 0) is 28.9 Å². The van der Waals surface area contributed by atoms with Crippen LogP contribution in [0, 0.1) is 0 Å². The fourth-order valence-electron chi connectivity index (χ4n) is 6.17. The number of amides is 2. The molecule has 1 saturated heterocycles. The topological polar surface area (TPSA) is 87.7 Å². The first-order chi connectivity index (χ1) is 19.4. The fraction of sp³-hybridized carbons (Fsp3) is 0.419. The number of hydrogen-bond donors (Lipinski definition) is 1. The molecule has 208 valence electrons. The number of aryl methyl sites for hydroxylation is 1. The fourth-order valence-corrected chi connectivity index (χ4v) is 6.37. The van der Waals surface area contributed by atoms with Gasteiger partial charge in [0.1, 0.15) is 6.54 Å². The van der Waals surface area contributed by atoms with Crippen molar-refractivity contribution < 1.29 is 14.3 Å². The molecule has 0 spiro atoms. The first-order valence-electron chi connectivity index (χ1n) is 14.1. The van der Waals surface area contributed by atoms with Crippen LogP contribution in [0.4, 0.5) is 5.95 Å². The van der Waals surface area contributed by atoms with E-state index in [1.165, 1.54) is 16.7 Å². The second-order valence-electron chi connectivity index (χ2n) is 10.8. The Balaban J connectivity index is 1.17. The Kier molecular flexibility index (Phi) is 7.47. The first-order valence-corrected chi connectivity index (χ1v) is 14.5. The average molecular weight is 560 g/mol. The molecule has 6 rings (SSSR count). The standard InChI is InChI=1S/C31H34ClN5O3/c1-3-20-5-4-6-24-19(2)37(12-9-25(20)24)28(38)18-36-17-22-8-7-21(15-26(22)30(36)39)29-27(32)16-33-31(35-29)34-23-10-13-40-14-11-23/h4-8,15-16,19,23H,3,9-14,17-18H2,1-2H3,(H,33,34,35). The zero-order chi connectivity index (χ0) is 27.8. The highest BCUT2D eigenvalue weighted by Crippen LogP contribution is 2.34. The molecular formula is C31H34ClN5O3. The van der Waals surface area contributed by atoms with Crippen molar-refractivity contribution in [1.29, 1.82) is 0 Å². The number of nitrogens with one attached hydrogen (secondary N) is 1. The first kappa shape index (κ1) is 26.7. The summed E-state index contributed by atoms with van der Waals surface area (Å²) in [5.41, 5.74) is 6.74. The van der Waals surface area contributed by atoms with Crippen LogP contribution in [0.2, 0.25) is 5.02 Å². The summed E-state index contributed by atoms with van der Waals surface area (Å²) in [6.07, 6.45) is 5.21. The Hall–Kier alpha value is -3.49. The van der Waals surface area contributed by atoms with Gasteiger partial charge in [-0.1, -0.05) is 48.9 Å². The number of nitrogens with zero attached hydrogens (tertiary/aromatic N) is 4. The Bertz CT molecular complexity index is 1450. The summed E-state index contributed by atoms with van der Waals surface area (Å²) >= 11 is 6.49. The molecular weight excluding hydrogens is 526 g/mol. The molecule has 0 bridgehead atoms. The summed E-state index contributed by atoms with van der Waals surface area (Å²) in [6, 6.07) is 12.3. The Morgan fingerprint density at radius 1 is 1.20 bits per heavy atom. The molecule has 1 N–H and O–H groups in total. The number of benzene rings is 2. The minimum absolute atomic E-state index is 0.0155. The van der Waals surface area contributed by atoms with E-state index in [-0.39, 0.29) is 30.4 Å². The largest absolute Gasteiger partial charge is 0.381 e. The van der Waals surface area contributed by atoms with Gasteiger partial charge in [0, 0.05) is 43.5 Å². The molecule has 3 aliphatic rings. The van der Waals surface area contributed by atoms with Crippen molar-refractivity contribution in [3.63, 3.8) is 0 Å². The van der Waals surface area contributed by atoms with Gasteiger partial charge in [0.05, 0.1) is 23.0 Å². The molecule has 0 radical (unpaired) electrons. The highest BCUT2D eigenvalue weighted by Gasteiger charge is 2.34. The summed E-state index contributed by atoms with van der Waals surface area (Å²) in [4.78, 5) is 39.5. The van der Waals surface area contributed by atoms with Crippen LogP contribution in [0.15, 0.2) is 42.6 Å². The van der Waals surface area contributed by atoms with E-state index in [4.69, 9.17) is 16.3 Å². The van der Waals surface area contributed by atoms with Gasteiger partial charge in [-0.05, 0) is 60.9 Å². The van der Waals surface area contributed by atoms with Gasteiger partial charge in [-0.3, -0.25) is 9.59 Å². The lowest BCUT2D eigenvalue weighted by Crippen LogP contribution is -2.44. The van der Waals surface area contributed by atoms with E-state index >= 15 is 0 Å². The highest BCUT2D eigenvalue weighted by molar-refractivity contribution is 6.33. The number of carbonyl (C=O) groups is 2. The molecule has 0 aliphatic carbocycles. The van der Waals surface area contributed by atoms with E-state index in [1.54, 1.807) is 11.1 Å². The zero-order valence-electron chi connectivity index (χ0n) is 23.0. The molecule has 1 fully saturated rings. The van der Waals surface area contributed by atoms with Gasteiger partial charge < -0.3 is 19.9 Å². The summed E-state index contributed by atoms with van der Waals surface area (Å²) in [5.74, 6) is 0.340. The van der Waals surface area contributed by atoms with Crippen LogP contribution < -0.4 is 5.32 Å². The predicted octanol–water partition coefficient (Wildman–Crippen LogP) is 5.05. The van der Waals surface area contributed by atoms with Crippen molar-refractivity contribution in [3.8, 4) is 11.3 Å². The van der Waals surface area contributed by atoms with E-state index in [1.807, 2.05) is 23.1 Å². The van der Waals surface area contributed by atoms with Crippen LogP contribution >= 0.6 is 11.6 Å². The Morgan fingerprint density at radius 2 is 2.02 bits per heavy atom. The van der Waals surface area contributed by atoms with Crippen LogP contribution in [0.5, 0.6) is 0 Å². The molecule has 1 atom stereocenters. The number of ether oxygens (including phenoxy) is 1. The van der Waals surface area contributed by atoms with E-state index in [9.17, 15) is 9.59 Å². The van der Waals surface area contributed by atoms with Gasteiger partial charge in [0.25, 0.3) is 5.91 Å². The second-order valence-corrected chi connectivity index (χ2v) is 11.2. The molecule has 8 nitrogen and oxygen atoms in total. The van der Waals surface area contributed by atoms with Crippen LogP contribution in [0.25, 0.3) is 11.3 Å². The van der Waals surface area contributed by atoms with E-state index in [2.05, 4.69) is 47.3 Å². The van der Waals surface area contributed by atoms with Gasteiger partial charge in [0.2, 0.25) is 11.9 Å². The van der Waals surface area contributed by atoms with Gasteiger partial charge >= 0.3 is 0 Å². The lowest BCUT2D eigenvalue weighted by atomic mass is 9.89. The van der Waals surface area contributed by atoms with E-state index < -0.39 is 0 Å². The number of aromatic nitrogens is 2. The van der Waals surface area contributed by atoms with Gasteiger partial charge in [-0.15, -0.1) is 0 Å². The van der Waals surface area contributed by atoms with Crippen molar-refractivity contribution in [3.05, 3.63) is 75.4 Å². The van der Waals surface area contributed by atoms with Crippen LogP contribution in [0.3, 0.4) is 0 Å². The summed E-state index contributed by atoms with van der Waals surface area (Å²) in [5, 5.41) is 3.79. The number of rotatable bonds is 6. The maximum absolute atomic E-state index is 13.4. The van der Waals surface area contributed by atoms with E-state index in [0.717, 1.165) is 36.8 Å². The lowest BCUT2D eigenvalue weighted by molar-refractivity contribution is -0.134. The third kappa shape index (κ3) is 5.06. The van der Waals surface area contributed by atoms with Crippen molar-refractivity contribution >= 4 is 29.4 Å². The number of carbonyl (C=O) groups excluding carboxylic acids is 2. The Morgan fingerprint density at radius 3 is 2.83 bits per heavy atom. The SMILES string of the molecule is CCc1cccc2c1CCN(C(=O)CN1Cc3ccc(-c4nc(NC5CCOCC5)ncc4Cl)cc3C1=O)C2C. The molecule has 1 unspecified atom stereocenters. The number of halogens is 1. The molecule has 2 aromatic carbocycles. The molecule has 4 heterocycles. The summed E-state index contributed by atoms with van der Waals surface area (Å²) in [7, 11) is 0. The zero-order valence-corrected chi connectivity index (χ0v) is 23.7. The third-order valence-electron chi connectivity index (χ3n) is 8.42. The highest BCUT2D eigenvalue weighted by atomic mass is 35.5. The number of hydrogen-bond acceptors (Lipinski definition) is 6. The molecule has 9 heteroatoms. The summed E-state index contributed by atoms with van der Waals surface area (Å²) < 4.78 is 5.44. The molecule has 2 amide bonds. The van der Waals surface area contributed by atoms with Crippen molar-refractivity contribution in [1.82, 2.24) is 19.8 Å². The maximum Gasteiger partial charge on any atom is 0.254 e.